The van der Waals surface area contributed by atoms with Gasteiger partial charge in [0.1, 0.15) is 12.4 Å². The molecule has 2 aromatic rings. The summed E-state index contributed by atoms with van der Waals surface area (Å²) in [6.45, 7) is 1.53. The number of hydrogen-bond donors (Lipinski definition) is 3. The Morgan fingerprint density at radius 1 is 1.04 bits per heavy atom. The zero-order chi connectivity index (χ0) is 17.5. The number of aliphatic carboxylic acids is 2. The molecule has 0 radical (unpaired) electrons. The fourth-order valence-corrected chi connectivity index (χ4v) is 2.40. The topological polar surface area (TPSA) is 95.9 Å². The maximum Gasteiger partial charge on any atom is 0.414 e. The zero-order valence-electron chi connectivity index (χ0n) is 12.6. The van der Waals surface area contributed by atoms with Crippen LogP contribution >= 0.6 is 11.6 Å². The van der Waals surface area contributed by atoms with Crippen molar-refractivity contribution in [3.8, 4) is 5.75 Å². The Kier molecular flexibility index (Phi) is 6.17. The molecular weight excluding hydrogens is 334 g/mol. The third-order valence-electron chi connectivity index (χ3n) is 3.32. The van der Waals surface area contributed by atoms with Gasteiger partial charge >= 0.3 is 11.9 Å². The normalized spacial score (nSPS) is 15.8. The monoisotopic (exact) mass is 349 g/mol. The van der Waals surface area contributed by atoms with E-state index >= 15 is 0 Å². The maximum absolute atomic E-state index is 9.10. The highest BCUT2D eigenvalue weighted by Crippen LogP contribution is 2.31. The minimum absolute atomic E-state index is 0.168. The van der Waals surface area contributed by atoms with Crippen LogP contribution in [0.5, 0.6) is 5.75 Å². The van der Waals surface area contributed by atoms with E-state index in [2.05, 4.69) is 23.5 Å². The third-order valence-corrected chi connectivity index (χ3v) is 3.58. The molecule has 2 aromatic carbocycles. The van der Waals surface area contributed by atoms with Crippen LogP contribution in [0.2, 0.25) is 5.02 Å². The summed E-state index contributed by atoms with van der Waals surface area (Å²) in [6.07, 6.45) is 0. The van der Waals surface area contributed by atoms with Gasteiger partial charge in [-0.3, -0.25) is 0 Å². The zero-order valence-corrected chi connectivity index (χ0v) is 13.4. The molecule has 1 atom stereocenters. The average molecular weight is 350 g/mol. The molecule has 0 fully saturated rings. The van der Waals surface area contributed by atoms with Gasteiger partial charge in [0.25, 0.3) is 0 Å². The molecule has 0 spiro atoms. The van der Waals surface area contributed by atoms with E-state index in [9.17, 15) is 0 Å². The highest BCUT2D eigenvalue weighted by atomic mass is 35.5. The van der Waals surface area contributed by atoms with Gasteiger partial charge in [-0.2, -0.15) is 0 Å². The van der Waals surface area contributed by atoms with Crippen molar-refractivity contribution < 1.29 is 24.5 Å². The summed E-state index contributed by atoms with van der Waals surface area (Å²) >= 11 is 5.94. The molecule has 3 rings (SSSR count). The Hall–Kier alpha value is -2.57. The SMILES string of the molecule is Clc1ccc(C2NCCOc3ccccc32)cc1.O=C(O)C(=O)O. The van der Waals surface area contributed by atoms with Gasteiger partial charge < -0.3 is 20.3 Å². The van der Waals surface area contributed by atoms with Crippen molar-refractivity contribution in [2.45, 2.75) is 6.04 Å². The van der Waals surface area contributed by atoms with Crippen molar-refractivity contribution in [3.63, 3.8) is 0 Å². The summed E-state index contributed by atoms with van der Waals surface area (Å²) < 4.78 is 5.74. The second-order valence-corrected chi connectivity index (χ2v) is 5.37. The van der Waals surface area contributed by atoms with Gasteiger partial charge in [-0.1, -0.05) is 41.9 Å². The predicted octanol–water partition coefficient (Wildman–Crippen LogP) is 2.57. The maximum atomic E-state index is 9.10. The molecule has 0 saturated heterocycles. The second kappa shape index (κ2) is 8.33. The number of ether oxygens (including phenoxy) is 1. The lowest BCUT2D eigenvalue weighted by molar-refractivity contribution is -0.159. The fraction of sp³-hybridized carbons (Fsp3) is 0.176. The van der Waals surface area contributed by atoms with Crippen LogP contribution in [0.25, 0.3) is 0 Å². The summed E-state index contributed by atoms with van der Waals surface area (Å²) in [4.78, 5) is 18.2. The number of rotatable bonds is 1. The van der Waals surface area contributed by atoms with Crippen molar-refractivity contribution in [2.24, 2.45) is 0 Å². The number of halogens is 1. The Bertz CT molecular complexity index is 705. The largest absolute Gasteiger partial charge is 0.492 e. The van der Waals surface area contributed by atoms with E-state index in [1.807, 2.05) is 30.3 Å². The first-order chi connectivity index (χ1) is 11.5. The molecule has 7 heteroatoms. The summed E-state index contributed by atoms with van der Waals surface area (Å²) in [6, 6.07) is 16.3. The summed E-state index contributed by atoms with van der Waals surface area (Å²) in [5, 5.41) is 19.0. The Morgan fingerprint density at radius 2 is 1.67 bits per heavy atom. The van der Waals surface area contributed by atoms with Crippen LogP contribution in [0.4, 0.5) is 0 Å². The molecule has 0 amide bonds. The lowest BCUT2D eigenvalue weighted by atomic mass is 9.98. The fourth-order valence-electron chi connectivity index (χ4n) is 2.28. The smallest absolute Gasteiger partial charge is 0.414 e. The van der Waals surface area contributed by atoms with Crippen LogP contribution in [0.3, 0.4) is 0 Å². The Balaban J connectivity index is 0.000000301. The van der Waals surface area contributed by atoms with Crippen LogP contribution in [-0.4, -0.2) is 35.3 Å². The summed E-state index contributed by atoms with van der Waals surface area (Å²) in [5.41, 5.74) is 2.38. The average Bonchev–Trinajstić information content (AvgIpc) is 2.79. The Morgan fingerprint density at radius 3 is 2.29 bits per heavy atom. The molecule has 6 nitrogen and oxygen atoms in total. The molecule has 0 aromatic heterocycles. The first-order valence-corrected chi connectivity index (χ1v) is 7.53. The van der Waals surface area contributed by atoms with Crippen molar-refractivity contribution in [2.75, 3.05) is 13.2 Å². The molecule has 1 heterocycles. The van der Waals surface area contributed by atoms with Crippen LogP contribution in [0.1, 0.15) is 17.2 Å². The van der Waals surface area contributed by atoms with E-state index in [0.717, 1.165) is 17.3 Å². The van der Waals surface area contributed by atoms with E-state index in [4.69, 9.17) is 36.1 Å². The molecule has 1 aliphatic rings. The van der Waals surface area contributed by atoms with Gasteiger partial charge in [-0.25, -0.2) is 9.59 Å². The van der Waals surface area contributed by atoms with E-state index in [-0.39, 0.29) is 6.04 Å². The predicted molar refractivity (Wildman–Crippen MR) is 88.5 cm³/mol. The van der Waals surface area contributed by atoms with Crippen molar-refractivity contribution in [1.82, 2.24) is 5.32 Å². The van der Waals surface area contributed by atoms with Gasteiger partial charge in [0, 0.05) is 17.1 Å². The van der Waals surface area contributed by atoms with Crippen molar-refractivity contribution >= 4 is 23.5 Å². The minimum atomic E-state index is -1.82. The number of nitrogens with one attached hydrogen (secondary N) is 1. The van der Waals surface area contributed by atoms with E-state index in [0.29, 0.717) is 6.61 Å². The van der Waals surface area contributed by atoms with Crippen LogP contribution in [-0.2, 0) is 9.59 Å². The number of benzene rings is 2. The van der Waals surface area contributed by atoms with E-state index in [1.54, 1.807) is 0 Å². The third kappa shape index (κ3) is 4.71. The van der Waals surface area contributed by atoms with Gasteiger partial charge in [-0.15, -0.1) is 0 Å². The van der Waals surface area contributed by atoms with Gasteiger partial charge in [-0.05, 0) is 23.8 Å². The molecule has 24 heavy (non-hydrogen) atoms. The van der Waals surface area contributed by atoms with E-state index in [1.165, 1.54) is 11.1 Å². The number of hydrogen-bond acceptors (Lipinski definition) is 4. The number of carboxylic acid groups (broad SMARTS) is 2. The highest BCUT2D eigenvalue weighted by Gasteiger charge is 2.20. The Labute approximate surface area is 143 Å². The lowest BCUT2D eigenvalue weighted by Gasteiger charge is -2.18. The minimum Gasteiger partial charge on any atom is -0.492 e. The molecule has 0 aliphatic carbocycles. The number of para-hydroxylation sites is 1. The molecular formula is C17H16ClNO5. The number of fused-ring (bicyclic) bond motifs is 1. The number of carbonyl (C=O) groups is 2. The first-order valence-electron chi connectivity index (χ1n) is 7.16. The summed E-state index contributed by atoms with van der Waals surface area (Å²) in [5.74, 6) is -2.69. The van der Waals surface area contributed by atoms with Crippen molar-refractivity contribution in [1.29, 1.82) is 0 Å². The van der Waals surface area contributed by atoms with Crippen LogP contribution < -0.4 is 10.1 Å². The standard InChI is InChI=1S/C15H14ClNO.C2H2O4/c16-12-7-5-11(6-8-12)15-13-3-1-2-4-14(13)18-10-9-17-15;3-1(4)2(5)6/h1-8,15,17H,9-10H2;(H,3,4)(H,5,6). The first kappa shape index (κ1) is 17.8. The van der Waals surface area contributed by atoms with Crippen molar-refractivity contribution in [3.05, 3.63) is 64.7 Å². The van der Waals surface area contributed by atoms with Crippen LogP contribution in [0.15, 0.2) is 48.5 Å². The molecule has 126 valence electrons. The highest BCUT2D eigenvalue weighted by molar-refractivity contribution is 6.30. The molecule has 1 aliphatic heterocycles. The lowest BCUT2D eigenvalue weighted by Crippen LogP contribution is -2.23. The number of carboxylic acids is 2. The molecule has 3 N–H and O–H groups in total. The van der Waals surface area contributed by atoms with Gasteiger partial charge in [0.05, 0.1) is 6.04 Å². The molecule has 0 bridgehead atoms. The van der Waals surface area contributed by atoms with E-state index < -0.39 is 11.9 Å². The van der Waals surface area contributed by atoms with Gasteiger partial charge in [0.15, 0.2) is 0 Å². The summed E-state index contributed by atoms with van der Waals surface area (Å²) in [7, 11) is 0. The molecule has 0 saturated carbocycles. The quantitative estimate of drug-likeness (QED) is 0.685. The van der Waals surface area contributed by atoms with Gasteiger partial charge in [0.2, 0.25) is 0 Å². The molecule has 1 unspecified atom stereocenters. The second-order valence-electron chi connectivity index (χ2n) is 4.94. The van der Waals surface area contributed by atoms with Crippen LogP contribution in [0, 0.1) is 0 Å².